The lowest BCUT2D eigenvalue weighted by atomic mass is 9.99. The molecule has 0 aromatic carbocycles. The van der Waals surface area contributed by atoms with Gasteiger partial charge in [-0.2, -0.15) is 0 Å². The van der Waals surface area contributed by atoms with Crippen LogP contribution in [0.25, 0.3) is 0 Å². The van der Waals surface area contributed by atoms with E-state index in [9.17, 15) is 30.3 Å². The Morgan fingerprint density at radius 1 is 0.600 bits per heavy atom. The molecule has 0 aromatic rings. The third-order valence-corrected chi connectivity index (χ3v) is 11.4. The summed E-state index contributed by atoms with van der Waals surface area (Å²) in [7, 11) is 0. The molecule has 1 heterocycles. The summed E-state index contributed by atoms with van der Waals surface area (Å²) in [5, 5.41) is 54.3. The fraction of sp³-hybridized carbons (Fsp3) is 0.935. The number of carbonyl (C=O) groups is 1. The van der Waals surface area contributed by atoms with Gasteiger partial charge in [-0.15, -0.1) is 0 Å². The average molecular weight is 784 g/mol. The second-order valence-corrected chi connectivity index (χ2v) is 16.6. The minimum absolute atomic E-state index is 0.146. The number of hydrogen-bond acceptors (Lipinski definition) is 8. The van der Waals surface area contributed by atoms with Gasteiger partial charge in [-0.3, -0.25) is 4.79 Å². The number of unbranched alkanes of at least 4 members (excludes halogenated alkanes) is 27. The standard InChI is InChI=1S/C46H89NO8/c1-3-5-7-9-11-13-15-17-19-21-23-25-27-29-31-33-35-40(49)39(38-54-46-45(53)44(52)43(51)41(37-48)55-46)47-42(50)36-34-32-30-28-26-24-22-20-18-16-14-12-10-8-6-4-2/h25,27,39-41,43-46,48-49,51-53H,3-24,26,28-38H2,1-2H3,(H,47,50)/b27-25+/t39-,40+,41-,43-,44?,45?,46-/m0/s1. The van der Waals surface area contributed by atoms with Crippen molar-refractivity contribution in [3.63, 3.8) is 0 Å². The fourth-order valence-corrected chi connectivity index (χ4v) is 7.57. The van der Waals surface area contributed by atoms with E-state index in [-0.39, 0.29) is 12.5 Å². The Kier molecular flexibility index (Phi) is 35.2. The lowest BCUT2D eigenvalue weighted by Crippen LogP contribution is -2.60. The van der Waals surface area contributed by atoms with Crippen LogP contribution in [-0.2, 0) is 14.3 Å². The number of hydrogen-bond donors (Lipinski definition) is 6. The van der Waals surface area contributed by atoms with Gasteiger partial charge in [-0.1, -0.05) is 187 Å². The SMILES string of the molecule is CCCCCCCCCCCC/C=C/CCCC[C@@H](O)[C@H](CO[C@H]1O[C@@H](CO)[C@H](O)C(O)C1O)NC(=O)CCCCCCCCCCCCCCCCCC. The minimum Gasteiger partial charge on any atom is -0.394 e. The topological polar surface area (TPSA) is 149 Å². The zero-order valence-corrected chi connectivity index (χ0v) is 35.7. The lowest BCUT2D eigenvalue weighted by Gasteiger charge is -2.40. The van der Waals surface area contributed by atoms with Gasteiger partial charge in [0.1, 0.15) is 24.4 Å². The minimum atomic E-state index is -1.55. The number of aliphatic hydroxyl groups excluding tert-OH is 5. The zero-order valence-electron chi connectivity index (χ0n) is 35.7. The summed E-state index contributed by atoms with van der Waals surface area (Å²) in [6, 6.07) is -0.729. The highest BCUT2D eigenvalue weighted by Gasteiger charge is 2.44. The molecule has 0 saturated carbocycles. The molecule has 1 aliphatic rings. The highest BCUT2D eigenvalue weighted by Crippen LogP contribution is 2.23. The van der Waals surface area contributed by atoms with Crippen molar-refractivity contribution in [2.24, 2.45) is 0 Å². The van der Waals surface area contributed by atoms with E-state index in [1.807, 2.05) is 0 Å². The number of amides is 1. The molecule has 6 N–H and O–H groups in total. The van der Waals surface area contributed by atoms with Gasteiger partial charge < -0.3 is 40.3 Å². The van der Waals surface area contributed by atoms with E-state index >= 15 is 0 Å². The van der Waals surface area contributed by atoms with Gasteiger partial charge in [0, 0.05) is 6.42 Å². The van der Waals surface area contributed by atoms with E-state index in [4.69, 9.17) is 9.47 Å². The molecule has 1 fully saturated rings. The predicted molar refractivity (Wildman–Crippen MR) is 226 cm³/mol. The number of carbonyl (C=O) groups excluding carboxylic acids is 1. The summed E-state index contributed by atoms with van der Waals surface area (Å²) in [6.45, 7) is 3.83. The van der Waals surface area contributed by atoms with E-state index < -0.39 is 49.5 Å². The number of rotatable bonds is 39. The molecule has 2 unspecified atom stereocenters. The second-order valence-electron chi connectivity index (χ2n) is 16.6. The summed E-state index contributed by atoms with van der Waals surface area (Å²) >= 11 is 0. The summed E-state index contributed by atoms with van der Waals surface area (Å²) < 4.78 is 11.2. The van der Waals surface area contributed by atoms with Crippen molar-refractivity contribution in [3.8, 4) is 0 Å². The Morgan fingerprint density at radius 3 is 1.47 bits per heavy atom. The maximum absolute atomic E-state index is 13.0. The number of ether oxygens (including phenoxy) is 2. The molecule has 0 spiro atoms. The molecule has 55 heavy (non-hydrogen) atoms. The Bertz CT molecular complexity index is 873. The maximum atomic E-state index is 13.0. The van der Waals surface area contributed by atoms with E-state index in [1.165, 1.54) is 148 Å². The first-order chi connectivity index (χ1) is 26.8. The molecule has 1 saturated heterocycles. The van der Waals surface area contributed by atoms with E-state index in [2.05, 4.69) is 31.3 Å². The molecule has 9 heteroatoms. The van der Waals surface area contributed by atoms with Crippen LogP contribution in [-0.4, -0.2) is 87.5 Å². The average Bonchev–Trinajstić information content (AvgIpc) is 3.18. The molecular weight excluding hydrogens is 695 g/mol. The van der Waals surface area contributed by atoms with Crippen LogP contribution in [0.2, 0.25) is 0 Å². The van der Waals surface area contributed by atoms with Gasteiger partial charge in [-0.05, 0) is 38.5 Å². The normalized spacial score (nSPS) is 21.3. The van der Waals surface area contributed by atoms with Crippen molar-refractivity contribution >= 4 is 5.91 Å². The van der Waals surface area contributed by atoms with Gasteiger partial charge >= 0.3 is 0 Å². The van der Waals surface area contributed by atoms with Crippen LogP contribution in [0.4, 0.5) is 0 Å². The van der Waals surface area contributed by atoms with Crippen LogP contribution in [0.15, 0.2) is 12.2 Å². The predicted octanol–water partition coefficient (Wildman–Crippen LogP) is 9.73. The molecule has 0 aliphatic carbocycles. The van der Waals surface area contributed by atoms with Crippen molar-refractivity contribution in [1.29, 1.82) is 0 Å². The summed E-state index contributed by atoms with van der Waals surface area (Å²) in [4.78, 5) is 13.0. The Hall–Kier alpha value is -1.07. The van der Waals surface area contributed by atoms with Crippen LogP contribution in [0.3, 0.4) is 0 Å². The van der Waals surface area contributed by atoms with Gasteiger partial charge in [0.15, 0.2) is 6.29 Å². The highest BCUT2D eigenvalue weighted by atomic mass is 16.7. The quantitative estimate of drug-likeness (QED) is 0.0267. The monoisotopic (exact) mass is 784 g/mol. The molecule has 1 rings (SSSR count). The third-order valence-electron chi connectivity index (χ3n) is 11.4. The highest BCUT2D eigenvalue weighted by molar-refractivity contribution is 5.76. The van der Waals surface area contributed by atoms with E-state index in [0.717, 1.165) is 44.9 Å². The van der Waals surface area contributed by atoms with Crippen molar-refractivity contribution in [2.45, 2.75) is 262 Å². The Labute approximate surface area is 337 Å². The molecule has 326 valence electrons. The first kappa shape index (κ1) is 51.9. The first-order valence-electron chi connectivity index (χ1n) is 23.4. The smallest absolute Gasteiger partial charge is 0.220 e. The first-order valence-corrected chi connectivity index (χ1v) is 23.4. The molecule has 1 aliphatic heterocycles. The Balaban J connectivity index is 2.34. The molecule has 0 radical (unpaired) electrons. The molecule has 0 bridgehead atoms. The van der Waals surface area contributed by atoms with Crippen LogP contribution < -0.4 is 5.32 Å². The molecule has 9 nitrogen and oxygen atoms in total. The largest absolute Gasteiger partial charge is 0.394 e. The number of aliphatic hydroxyl groups is 5. The maximum Gasteiger partial charge on any atom is 0.220 e. The molecular formula is C46H89NO8. The van der Waals surface area contributed by atoms with Gasteiger partial charge in [0.05, 0.1) is 25.4 Å². The van der Waals surface area contributed by atoms with Crippen molar-refractivity contribution < 1.29 is 39.8 Å². The van der Waals surface area contributed by atoms with Gasteiger partial charge in [-0.25, -0.2) is 0 Å². The molecule has 7 atom stereocenters. The lowest BCUT2D eigenvalue weighted by molar-refractivity contribution is -0.302. The van der Waals surface area contributed by atoms with E-state index in [1.54, 1.807) is 0 Å². The summed E-state index contributed by atoms with van der Waals surface area (Å²) in [5.74, 6) is -0.151. The van der Waals surface area contributed by atoms with Gasteiger partial charge in [0.25, 0.3) is 0 Å². The fourth-order valence-electron chi connectivity index (χ4n) is 7.57. The zero-order chi connectivity index (χ0) is 40.2. The number of nitrogens with one attached hydrogen (secondary N) is 1. The number of allylic oxidation sites excluding steroid dienone is 2. The molecule has 0 aromatic heterocycles. The van der Waals surface area contributed by atoms with Crippen molar-refractivity contribution in [3.05, 3.63) is 12.2 Å². The van der Waals surface area contributed by atoms with Crippen LogP contribution in [0.1, 0.15) is 219 Å². The summed E-state index contributed by atoms with van der Waals surface area (Å²) in [6.07, 6.45) is 35.0. The van der Waals surface area contributed by atoms with Crippen LogP contribution in [0.5, 0.6) is 0 Å². The Morgan fingerprint density at radius 2 is 1.02 bits per heavy atom. The van der Waals surface area contributed by atoms with Gasteiger partial charge in [0.2, 0.25) is 5.91 Å². The van der Waals surface area contributed by atoms with Crippen LogP contribution in [0, 0.1) is 0 Å². The van der Waals surface area contributed by atoms with Crippen molar-refractivity contribution in [1.82, 2.24) is 5.32 Å². The van der Waals surface area contributed by atoms with Crippen molar-refractivity contribution in [2.75, 3.05) is 13.2 Å². The third kappa shape index (κ3) is 28.1. The van der Waals surface area contributed by atoms with Crippen LogP contribution >= 0.6 is 0 Å². The van der Waals surface area contributed by atoms with E-state index in [0.29, 0.717) is 12.8 Å². The molecule has 1 amide bonds. The summed E-state index contributed by atoms with van der Waals surface area (Å²) in [5.41, 5.74) is 0. The second kappa shape index (κ2) is 37.2.